The first-order chi connectivity index (χ1) is 14.0. The summed E-state index contributed by atoms with van der Waals surface area (Å²) < 4.78 is 5.22. The fourth-order valence-electron chi connectivity index (χ4n) is 4.30. The molecule has 0 aliphatic carbocycles. The first-order valence-corrected chi connectivity index (χ1v) is 10.0. The van der Waals surface area contributed by atoms with Crippen LogP contribution in [0.3, 0.4) is 0 Å². The molecule has 6 nitrogen and oxygen atoms in total. The van der Waals surface area contributed by atoms with Gasteiger partial charge in [-0.15, -0.1) is 0 Å². The largest absolute Gasteiger partial charge is 0.497 e. The first-order valence-electron chi connectivity index (χ1n) is 10.0. The van der Waals surface area contributed by atoms with Gasteiger partial charge in [-0.05, 0) is 49.7 Å². The number of rotatable bonds is 4. The molecule has 0 bridgehead atoms. The molecular formula is C23H27N3O3. The number of carbonyl (C=O) groups excluding carboxylic acids is 2. The van der Waals surface area contributed by atoms with E-state index in [9.17, 15) is 9.59 Å². The molecule has 0 aromatic heterocycles. The van der Waals surface area contributed by atoms with Gasteiger partial charge >= 0.3 is 0 Å². The predicted molar refractivity (Wildman–Crippen MR) is 114 cm³/mol. The van der Waals surface area contributed by atoms with Crippen LogP contribution in [-0.4, -0.2) is 56.0 Å². The Morgan fingerprint density at radius 3 is 2.24 bits per heavy atom. The lowest BCUT2D eigenvalue weighted by atomic mass is 10.1. The number of hydrogen-bond donors (Lipinski definition) is 0. The Labute approximate surface area is 171 Å². The van der Waals surface area contributed by atoms with E-state index in [0.29, 0.717) is 5.69 Å². The van der Waals surface area contributed by atoms with E-state index < -0.39 is 0 Å². The minimum atomic E-state index is -0.360. The first kappa shape index (κ1) is 19.5. The summed E-state index contributed by atoms with van der Waals surface area (Å²) in [6, 6.07) is 13.5. The molecular weight excluding hydrogens is 366 g/mol. The van der Waals surface area contributed by atoms with Crippen molar-refractivity contribution in [3.63, 3.8) is 0 Å². The summed E-state index contributed by atoms with van der Waals surface area (Å²) in [6.07, 6.45) is 0.259. The number of methoxy groups -OCH3 is 1. The molecule has 2 fully saturated rings. The van der Waals surface area contributed by atoms with Crippen molar-refractivity contribution in [3.8, 4) is 5.75 Å². The van der Waals surface area contributed by atoms with E-state index >= 15 is 0 Å². The van der Waals surface area contributed by atoms with E-state index in [1.165, 1.54) is 4.90 Å². The van der Waals surface area contributed by atoms with Gasteiger partial charge in [0.2, 0.25) is 5.91 Å². The Morgan fingerprint density at radius 1 is 0.931 bits per heavy atom. The topological polar surface area (TPSA) is 53.1 Å². The molecule has 2 heterocycles. The van der Waals surface area contributed by atoms with Crippen LogP contribution in [0.5, 0.6) is 5.75 Å². The second kappa shape index (κ2) is 7.87. The number of anilines is 2. The molecule has 2 saturated heterocycles. The number of piperazine rings is 1. The SMILES string of the molecule is COc1ccc(N2CCN([C@H]3CC(=O)N(c4ccc(C)cc4C)C3=O)CC2)cc1. The molecule has 6 heteroatoms. The summed E-state index contributed by atoms with van der Waals surface area (Å²) in [7, 11) is 1.66. The number of hydrogen-bond acceptors (Lipinski definition) is 5. The maximum atomic E-state index is 13.1. The fourth-order valence-corrected chi connectivity index (χ4v) is 4.30. The summed E-state index contributed by atoms with van der Waals surface area (Å²) in [5.41, 5.74) is 3.94. The maximum absolute atomic E-state index is 13.1. The molecule has 2 aliphatic heterocycles. The third kappa shape index (κ3) is 3.72. The van der Waals surface area contributed by atoms with Gasteiger partial charge < -0.3 is 9.64 Å². The van der Waals surface area contributed by atoms with E-state index in [1.54, 1.807) is 7.11 Å². The summed E-state index contributed by atoms with van der Waals surface area (Å²) in [5.74, 6) is 0.637. The number of aryl methyl sites for hydroxylation is 2. The van der Waals surface area contributed by atoms with Gasteiger partial charge in [0.15, 0.2) is 0 Å². The average Bonchev–Trinajstić information content (AvgIpc) is 3.02. The third-order valence-electron chi connectivity index (χ3n) is 5.91. The van der Waals surface area contributed by atoms with Crippen molar-refractivity contribution in [2.75, 3.05) is 43.1 Å². The van der Waals surface area contributed by atoms with Gasteiger partial charge in [0.05, 0.1) is 25.3 Å². The Morgan fingerprint density at radius 2 is 1.62 bits per heavy atom. The van der Waals surface area contributed by atoms with Crippen LogP contribution in [0.4, 0.5) is 11.4 Å². The Bertz CT molecular complexity index is 917. The zero-order valence-electron chi connectivity index (χ0n) is 17.2. The number of ether oxygens (including phenoxy) is 1. The van der Waals surface area contributed by atoms with Crippen molar-refractivity contribution in [2.45, 2.75) is 26.3 Å². The van der Waals surface area contributed by atoms with Crippen LogP contribution < -0.4 is 14.5 Å². The van der Waals surface area contributed by atoms with Crippen molar-refractivity contribution in [3.05, 3.63) is 53.6 Å². The van der Waals surface area contributed by atoms with Gasteiger partial charge in [-0.3, -0.25) is 14.5 Å². The van der Waals surface area contributed by atoms with Crippen molar-refractivity contribution in [2.24, 2.45) is 0 Å². The van der Waals surface area contributed by atoms with Gasteiger partial charge in [-0.2, -0.15) is 0 Å². The van der Waals surface area contributed by atoms with E-state index in [2.05, 4.69) is 21.9 Å². The highest BCUT2D eigenvalue weighted by atomic mass is 16.5. The van der Waals surface area contributed by atoms with Crippen molar-refractivity contribution in [1.82, 2.24) is 4.90 Å². The summed E-state index contributed by atoms with van der Waals surface area (Å²) in [6.45, 7) is 7.13. The summed E-state index contributed by atoms with van der Waals surface area (Å²) in [4.78, 5) is 31.6. The minimum Gasteiger partial charge on any atom is -0.497 e. The molecule has 4 rings (SSSR count). The highest BCUT2D eigenvalue weighted by molar-refractivity contribution is 6.22. The smallest absolute Gasteiger partial charge is 0.251 e. The van der Waals surface area contributed by atoms with Crippen LogP contribution in [0.1, 0.15) is 17.5 Å². The van der Waals surface area contributed by atoms with E-state index in [4.69, 9.17) is 4.74 Å². The van der Waals surface area contributed by atoms with Gasteiger partial charge in [0.25, 0.3) is 5.91 Å². The zero-order chi connectivity index (χ0) is 20.5. The summed E-state index contributed by atoms with van der Waals surface area (Å²) >= 11 is 0. The summed E-state index contributed by atoms with van der Waals surface area (Å²) in [5, 5.41) is 0. The fraction of sp³-hybridized carbons (Fsp3) is 0.391. The molecule has 2 aromatic carbocycles. The van der Waals surface area contributed by atoms with E-state index in [-0.39, 0.29) is 24.3 Å². The molecule has 2 aromatic rings. The molecule has 0 saturated carbocycles. The second-order valence-electron chi connectivity index (χ2n) is 7.80. The molecule has 0 spiro atoms. The number of amides is 2. The predicted octanol–water partition coefficient (Wildman–Crippen LogP) is 2.77. The zero-order valence-corrected chi connectivity index (χ0v) is 17.2. The Hall–Kier alpha value is -2.86. The minimum absolute atomic E-state index is 0.0974. The molecule has 152 valence electrons. The van der Waals surface area contributed by atoms with Crippen LogP contribution in [0.15, 0.2) is 42.5 Å². The van der Waals surface area contributed by atoms with Crippen molar-refractivity contribution in [1.29, 1.82) is 0 Å². The highest BCUT2D eigenvalue weighted by Crippen LogP contribution is 2.30. The van der Waals surface area contributed by atoms with Crippen LogP contribution in [0.25, 0.3) is 0 Å². The van der Waals surface area contributed by atoms with E-state index in [0.717, 1.165) is 48.7 Å². The van der Waals surface area contributed by atoms with Crippen LogP contribution in [0, 0.1) is 13.8 Å². The standard InChI is InChI=1S/C23H27N3O3/c1-16-4-9-20(17(2)14-16)26-22(27)15-21(23(26)28)25-12-10-24(11-13-25)18-5-7-19(29-3)8-6-18/h4-9,14,21H,10-13,15H2,1-3H3/t21-/m0/s1. The number of nitrogens with zero attached hydrogens (tertiary/aromatic N) is 3. The normalized spacial score (nSPS) is 20.4. The Balaban J connectivity index is 1.43. The molecule has 0 N–H and O–H groups in total. The lowest BCUT2D eigenvalue weighted by Gasteiger charge is -2.38. The molecule has 0 unspecified atom stereocenters. The van der Waals surface area contributed by atoms with Gasteiger partial charge in [-0.1, -0.05) is 17.7 Å². The van der Waals surface area contributed by atoms with Crippen molar-refractivity contribution < 1.29 is 14.3 Å². The van der Waals surface area contributed by atoms with Gasteiger partial charge in [0, 0.05) is 31.9 Å². The molecule has 2 amide bonds. The molecule has 1 atom stereocenters. The number of carbonyl (C=O) groups is 2. The number of imide groups is 1. The number of benzene rings is 2. The van der Waals surface area contributed by atoms with Gasteiger partial charge in [0.1, 0.15) is 5.75 Å². The van der Waals surface area contributed by atoms with Crippen LogP contribution in [0.2, 0.25) is 0 Å². The average molecular weight is 393 g/mol. The molecule has 29 heavy (non-hydrogen) atoms. The molecule has 2 aliphatic rings. The quantitative estimate of drug-likeness (QED) is 0.748. The Kier molecular flexibility index (Phi) is 5.28. The monoisotopic (exact) mass is 393 g/mol. The lowest BCUT2D eigenvalue weighted by Crippen LogP contribution is -2.52. The molecule has 0 radical (unpaired) electrons. The van der Waals surface area contributed by atoms with Crippen LogP contribution >= 0.6 is 0 Å². The highest BCUT2D eigenvalue weighted by Gasteiger charge is 2.43. The van der Waals surface area contributed by atoms with Crippen LogP contribution in [-0.2, 0) is 9.59 Å². The second-order valence-corrected chi connectivity index (χ2v) is 7.80. The third-order valence-corrected chi connectivity index (χ3v) is 5.91. The van der Waals surface area contributed by atoms with Crippen molar-refractivity contribution >= 4 is 23.2 Å². The van der Waals surface area contributed by atoms with Gasteiger partial charge in [-0.25, -0.2) is 4.90 Å². The van der Waals surface area contributed by atoms with E-state index in [1.807, 2.05) is 44.2 Å². The lowest BCUT2D eigenvalue weighted by molar-refractivity contribution is -0.123. The maximum Gasteiger partial charge on any atom is 0.251 e.